The van der Waals surface area contributed by atoms with E-state index in [-0.39, 0.29) is 66.2 Å². The zero-order chi connectivity index (χ0) is 28.8. The number of ketones is 3. The van der Waals surface area contributed by atoms with E-state index in [1.165, 1.54) is 0 Å². The van der Waals surface area contributed by atoms with Gasteiger partial charge >= 0.3 is 11.9 Å². The molecule has 7 atom stereocenters. The Balaban J connectivity index is 1.39. The molecule has 11 heteroatoms. The van der Waals surface area contributed by atoms with Gasteiger partial charge in [-0.3, -0.25) is 24.0 Å². The molecule has 0 aromatic rings. The van der Waals surface area contributed by atoms with Crippen molar-refractivity contribution < 1.29 is 43.7 Å². The number of nitrogens with one attached hydrogen (secondary N) is 1. The van der Waals surface area contributed by atoms with Crippen molar-refractivity contribution in [2.75, 3.05) is 12.4 Å². The number of esters is 1. The van der Waals surface area contributed by atoms with E-state index in [2.05, 4.69) is 24.9 Å². The topological polar surface area (TPSA) is 164 Å². The molecule has 10 nitrogen and oxygen atoms in total. The second kappa shape index (κ2) is 10.8. The Hall–Kier alpha value is -2.53. The fourth-order valence-electron chi connectivity index (χ4n) is 7.85. The molecule has 0 radical (unpaired) electrons. The third-order valence-corrected chi connectivity index (χ3v) is 10.4. The monoisotopic (exact) mass is 563 g/mol. The van der Waals surface area contributed by atoms with E-state index < -0.39 is 47.3 Å². The number of aliphatic hydroxyl groups is 1. The highest BCUT2D eigenvalue weighted by molar-refractivity contribution is 7.80. The lowest BCUT2D eigenvalue weighted by Gasteiger charge is -2.57. The van der Waals surface area contributed by atoms with Crippen LogP contribution in [-0.2, 0) is 33.5 Å². The summed E-state index contributed by atoms with van der Waals surface area (Å²) in [5.41, 5.74) is -2.14. The Bertz CT molecular complexity index is 1130. The van der Waals surface area contributed by atoms with Crippen LogP contribution in [0.4, 0.5) is 0 Å². The van der Waals surface area contributed by atoms with Crippen LogP contribution in [0.5, 0.6) is 0 Å². The molecule has 4 rings (SSSR count). The number of hydrogen-bond donors (Lipinski definition) is 4. The number of carbonyl (C=O) groups is 6. The van der Waals surface area contributed by atoms with Gasteiger partial charge in [-0.25, -0.2) is 4.79 Å². The minimum Gasteiger partial charge on any atom is -0.480 e. The number of hydrogen-bond acceptors (Lipinski definition) is 9. The van der Waals surface area contributed by atoms with E-state index in [1.54, 1.807) is 13.0 Å². The number of allylic oxidation sites excluding steroid dienone is 1. The molecule has 3 fully saturated rings. The number of carbonyl (C=O) groups excluding carboxylic acids is 5. The van der Waals surface area contributed by atoms with Gasteiger partial charge in [-0.05, 0) is 55.4 Å². The van der Waals surface area contributed by atoms with E-state index >= 15 is 0 Å². The molecule has 4 aliphatic carbocycles. The quantitative estimate of drug-likeness (QED) is 0.242. The van der Waals surface area contributed by atoms with E-state index in [1.807, 2.05) is 0 Å². The average molecular weight is 564 g/mol. The smallest absolute Gasteiger partial charge is 0.327 e. The van der Waals surface area contributed by atoms with Crippen LogP contribution in [0.3, 0.4) is 0 Å². The molecular weight excluding hydrogens is 526 g/mol. The minimum absolute atomic E-state index is 0.00127. The maximum atomic E-state index is 13.7. The summed E-state index contributed by atoms with van der Waals surface area (Å²) in [7, 11) is 0. The molecule has 0 aliphatic heterocycles. The van der Waals surface area contributed by atoms with Crippen molar-refractivity contribution in [2.45, 2.75) is 83.3 Å². The second-order valence-electron chi connectivity index (χ2n) is 12.0. The van der Waals surface area contributed by atoms with Gasteiger partial charge in [0.05, 0.1) is 6.42 Å². The Morgan fingerprint density at radius 1 is 1.13 bits per heavy atom. The lowest BCUT2D eigenvalue weighted by molar-refractivity contribution is -0.173. The van der Waals surface area contributed by atoms with Crippen molar-refractivity contribution >= 4 is 47.8 Å². The average Bonchev–Trinajstić information content (AvgIpc) is 3.15. The van der Waals surface area contributed by atoms with Crippen LogP contribution in [0.1, 0.15) is 71.6 Å². The summed E-state index contributed by atoms with van der Waals surface area (Å²) in [6, 6.07) is -1.18. The third kappa shape index (κ3) is 5.08. The first kappa shape index (κ1) is 29.5. The highest BCUT2D eigenvalue weighted by Crippen LogP contribution is 2.66. The second-order valence-corrected chi connectivity index (χ2v) is 12.4. The maximum Gasteiger partial charge on any atom is 0.327 e. The zero-order valence-electron chi connectivity index (χ0n) is 22.4. The summed E-state index contributed by atoms with van der Waals surface area (Å²) in [6.07, 6.45) is 4.32. The molecule has 4 unspecified atom stereocenters. The van der Waals surface area contributed by atoms with Crippen LogP contribution in [0.25, 0.3) is 0 Å². The first-order valence-corrected chi connectivity index (χ1v) is 14.2. The molecular formula is C28H37NO9S. The van der Waals surface area contributed by atoms with Crippen molar-refractivity contribution in [3.8, 4) is 0 Å². The Morgan fingerprint density at radius 2 is 1.85 bits per heavy atom. The summed E-state index contributed by atoms with van der Waals surface area (Å²) in [4.78, 5) is 74.1. The number of ether oxygens (including phenoxy) is 1. The molecule has 0 aromatic carbocycles. The fraction of sp³-hybridized carbons (Fsp3) is 0.714. The number of carboxylic acids is 1. The van der Waals surface area contributed by atoms with Crippen molar-refractivity contribution in [2.24, 2.45) is 28.6 Å². The summed E-state index contributed by atoms with van der Waals surface area (Å²) >= 11 is 3.86. The van der Waals surface area contributed by atoms with Gasteiger partial charge in [-0.2, -0.15) is 12.6 Å². The fourth-order valence-corrected chi connectivity index (χ4v) is 8.10. The molecule has 0 heterocycles. The summed E-state index contributed by atoms with van der Waals surface area (Å²) in [5.74, 6) is -3.70. The highest BCUT2D eigenvalue weighted by atomic mass is 32.1. The van der Waals surface area contributed by atoms with Gasteiger partial charge in [0.25, 0.3) is 0 Å². The summed E-state index contributed by atoms with van der Waals surface area (Å²) in [6.45, 7) is 3.19. The number of aliphatic carboxylic acids is 1. The molecule has 0 spiro atoms. The van der Waals surface area contributed by atoms with Crippen LogP contribution in [-0.4, -0.2) is 69.4 Å². The van der Waals surface area contributed by atoms with Crippen LogP contribution < -0.4 is 5.32 Å². The number of thiol groups is 1. The van der Waals surface area contributed by atoms with Gasteiger partial charge < -0.3 is 20.3 Å². The molecule has 4 aliphatic rings. The van der Waals surface area contributed by atoms with Gasteiger partial charge in [0.15, 0.2) is 12.4 Å². The normalized spacial score (nSPS) is 36.1. The van der Waals surface area contributed by atoms with Gasteiger partial charge in [-0.1, -0.05) is 19.4 Å². The predicted octanol–water partition coefficient (Wildman–Crippen LogP) is 1.82. The first-order chi connectivity index (χ1) is 18.3. The van der Waals surface area contributed by atoms with E-state index in [4.69, 9.17) is 9.84 Å². The van der Waals surface area contributed by atoms with E-state index in [0.717, 1.165) is 18.4 Å². The predicted molar refractivity (Wildman–Crippen MR) is 141 cm³/mol. The molecule has 3 N–H and O–H groups in total. The number of amides is 1. The van der Waals surface area contributed by atoms with Gasteiger partial charge in [-0.15, -0.1) is 0 Å². The minimum atomic E-state index is -1.82. The highest BCUT2D eigenvalue weighted by Gasteiger charge is 2.68. The van der Waals surface area contributed by atoms with Crippen LogP contribution in [0.15, 0.2) is 11.6 Å². The molecule has 1 amide bonds. The first-order valence-electron chi connectivity index (χ1n) is 13.6. The van der Waals surface area contributed by atoms with Crippen molar-refractivity contribution in [1.29, 1.82) is 0 Å². The van der Waals surface area contributed by atoms with Crippen molar-refractivity contribution in [3.63, 3.8) is 0 Å². The van der Waals surface area contributed by atoms with Crippen LogP contribution >= 0.6 is 12.6 Å². The summed E-state index contributed by atoms with van der Waals surface area (Å²) < 4.78 is 5.08. The van der Waals surface area contributed by atoms with E-state index in [0.29, 0.717) is 19.3 Å². The Labute approximate surface area is 232 Å². The maximum absolute atomic E-state index is 13.7. The Morgan fingerprint density at radius 3 is 2.51 bits per heavy atom. The van der Waals surface area contributed by atoms with Crippen LogP contribution in [0, 0.1) is 28.6 Å². The molecule has 214 valence electrons. The molecule has 0 saturated heterocycles. The van der Waals surface area contributed by atoms with Gasteiger partial charge in [0.2, 0.25) is 11.7 Å². The van der Waals surface area contributed by atoms with Gasteiger partial charge in [0.1, 0.15) is 17.4 Å². The summed E-state index contributed by atoms with van der Waals surface area (Å²) in [5, 5.41) is 22.9. The standard InChI is InChI=1S/C28H37NO9S/c1-26-9-7-16(30)11-15(26)3-4-17-18-8-10-28(37,27(18,2)12-20(31)24(17)26)21(32)13-38-23(34)6-5-22(33)29-19(14-39)25(35)36/h11,17-19,24,37,39H,3-10,12-14H2,1-2H3,(H,29,33)(H,35,36)/t17?,18?,19?,24?,26-,27-,28-/m0/s1. The van der Waals surface area contributed by atoms with Gasteiger partial charge in [0, 0.05) is 36.3 Å². The lowest BCUT2D eigenvalue weighted by atomic mass is 9.46. The number of carboxylic acid groups (broad SMARTS) is 1. The number of Topliss-reactive ketones (excluding diaryl/α,β-unsaturated/α-hetero) is 2. The molecule has 0 bridgehead atoms. The van der Waals surface area contributed by atoms with E-state index in [9.17, 15) is 33.9 Å². The van der Waals surface area contributed by atoms with Crippen molar-refractivity contribution in [1.82, 2.24) is 5.32 Å². The zero-order valence-corrected chi connectivity index (χ0v) is 23.3. The van der Waals surface area contributed by atoms with Crippen LogP contribution in [0.2, 0.25) is 0 Å². The SMILES string of the molecule is C[C@]12CCC(=O)C=C1CCC1C2C(=O)C[C@@]2(C)C1CC[C@]2(O)C(=O)COC(=O)CCC(=O)NC(CS)C(=O)O. The van der Waals surface area contributed by atoms with Crippen molar-refractivity contribution in [3.05, 3.63) is 11.6 Å². The molecule has 39 heavy (non-hydrogen) atoms. The Kier molecular flexibility index (Phi) is 8.16. The lowest BCUT2D eigenvalue weighted by Crippen LogP contribution is -2.61. The molecule has 3 saturated carbocycles. The number of rotatable bonds is 9. The molecule has 0 aromatic heterocycles. The number of fused-ring (bicyclic) bond motifs is 5. The third-order valence-electron chi connectivity index (χ3n) is 10.0. The largest absolute Gasteiger partial charge is 0.480 e.